The number of methoxy groups -OCH3 is 2. The van der Waals surface area contributed by atoms with Gasteiger partial charge in [-0.25, -0.2) is 4.79 Å². The average Bonchev–Trinajstić information content (AvgIpc) is 2.54. The predicted molar refractivity (Wildman–Crippen MR) is 85.8 cm³/mol. The van der Waals surface area contributed by atoms with Crippen molar-refractivity contribution in [1.29, 1.82) is 0 Å². The van der Waals surface area contributed by atoms with Crippen LogP contribution in [-0.4, -0.2) is 14.2 Å². The van der Waals surface area contributed by atoms with E-state index in [2.05, 4.69) is 0 Å². The largest absolute Gasteiger partial charge is 0.496 e. The highest BCUT2D eigenvalue weighted by molar-refractivity contribution is 5.88. The standard InChI is InChI=1S/C18H16O4/c1-11-4-6-12(7-5-11)14-10-15-16(21-3)8-13(20-2)9-17(15)22-18(14)19/h4-10H,1-3H3. The first-order valence-corrected chi connectivity index (χ1v) is 6.89. The Bertz CT molecular complexity index is 876. The Labute approximate surface area is 127 Å². The number of ether oxygens (including phenoxy) is 2. The number of benzene rings is 2. The molecule has 0 aliphatic rings. The van der Waals surface area contributed by atoms with E-state index in [1.54, 1.807) is 32.4 Å². The lowest BCUT2D eigenvalue weighted by Crippen LogP contribution is -2.03. The van der Waals surface area contributed by atoms with E-state index in [0.29, 0.717) is 22.6 Å². The van der Waals surface area contributed by atoms with Crippen molar-refractivity contribution in [1.82, 2.24) is 0 Å². The zero-order chi connectivity index (χ0) is 15.7. The summed E-state index contributed by atoms with van der Waals surface area (Å²) < 4.78 is 16.0. The van der Waals surface area contributed by atoms with Crippen molar-refractivity contribution >= 4 is 11.0 Å². The summed E-state index contributed by atoms with van der Waals surface area (Å²) in [7, 11) is 3.13. The van der Waals surface area contributed by atoms with Gasteiger partial charge in [0.1, 0.15) is 17.1 Å². The molecule has 0 saturated carbocycles. The van der Waals surface area contributed by atoms with Gasteiger partial charge in [0, 0.05) is 12.1 Å². The maximum Gasteiger partial charge on any atom is 0.344 e. The fourth-order valence-corrected chi connectivity index (χ4v) is 2.38. The van der Waals surface area contributed by atoms with Crippen LogP contribution in [0, 0.1) is 6.92 Å². The van der Waals surface area contributed by atoms with Crippen LogP contribution in [0.4, 0.5) is 0 Å². The molecule has 0 spiro atoms. The summed E-state index contributed by atoms with van der Waals surface area (Å²) in [6.07, 6.45) is 0. The number of fused-ring (bicyclic) bond motifs is 1. The van der Waals surface area contributed by atoms with E-state index in [4.69, 9.17) is 13.9 Å². The van der Waals surface area contributed by atoms with Gasteiger partial charge in [-0.1, -0.05) is 29.8 Å². The third-order valence-electron chi connectivity index (χ3n) is 3.61. The number of hydrogen-bond acceptors (Lipinski definition) is 4. The molecule has 3 aromatic rings. The minimum Gasteiger partial charge on any atom is -0.496 e. The number of rotatable bonds is 3. The molecule has 1 heterocycles. The highest BCUT2D eigenvalue weighted by Gasteiger charge is 2.12. The Balaban J connectivity index is 2.27. The van der Waals surface area contributed by atoms with E-state index in [9.17, 15) is 4.79 Å². The van der Waals surface area contributed by atoms with Crippen molar-refractivity contribution < 1.29 is 13.9 Å². The fraction of sp³-hybridized carbons (Fsp3) is 0.167. The van der Waals surface area contributed by atoms with Gasteiger partial charge in [0.15, 0.2) is 0 Å². The summed E-state index contributed by atoms with van der Waals surface area (Å²) in [6.45, 7) is 2.00. The molecule has 0 fully saturated rings. The summed E-state index contributed by atoms with van der Waals surface area (Å²) in [6, 6.07) is 13.0. The van der Waals surface area contributed by atoms with Crippen molar-refractivity contribution in [3.63, 3.8) is 0 Å². The molecular weight excluding hydrogens is 280 g/mol. The van der Waals surface area contributed by atoms with Crippen molar-refractivity contribution in [2.24, 2.45) is 0 Å². The molecule has 0 N–H and O–H groups in total. The Kier molecular flexibility index (Phi) is 3.59. The average molecular weight is 296 g/mol. The van der Waals surface area contributed by atoms with Gasteiger partial charge >= 0.3 is 5.63 Å². The predicted octanol–water partition coefficient (Wildman–Crippen LogP) is 3.79. The summed E-state index contributed by atoms with van der Waals surface area (Å²) in [5.41, 5.74) is 2.52. The molecule has 0 saturated heterocycles. The second-order valence-corrected chi connectivity index (χ2v) is 5.06. The summed E-state index contributed by atoms with van der Waals surface area (Å²) in [4.78, 5) is 12.3. The second-order valence-electron chi connectivity index (χ2n) is 5.06. The van der Waals surface area contributed by atoms with Gasteiger partial charge in [-0.15, -0.1) is 0 Å². The lowest BCUT2D eigenvalue weighted by molar-refractivity contribution is 0.396. The van der Waals surface area contributed by atoms with Crippen LogP contribution < -0.4 is 15.1 Å². The molecule has 3 rings (SSSR count). The first-order valence-electron chi connectivity index (χ1n) is 6.89. The van der Waals surface area contributed by atoms with Crippen LogP contribution in [-0.2, 0) is 0 Å². The highest BCUT2D eigenvalue weighted by atomic mass is 16.5. The quantitative estimate of drug-likeness (QED) is 0.690. The van der Waals surface area contributed by atoms with E-state index in [-0.39, 0.29) is 5.63 Å². The minimum atomic E-state index is -0.383. The van der Waals surface area contributed by atoms with Gasteiger partial charge in [0.2, 0.25) is 0 Å². The van der Waals surface area contributed by atoms with Crippen LogP contribution in [0.3, 0.4) is 0 Å². The molecule has 0 amide bonds. The van der Waals surface area contributed by atoms with Crippen molar-refractivity contribution in [3.05, 3.63) is 58.4 Å². The molecule has 2 aromatic carbocycles. The Morgan fingerprint density at radius 3 is 2.32 bits per heavy atom. The molecule has 0 aliphatic carbocycles. The molecule has 0 aliphatic heterocycles. The van der Waals surface area contributed by atoms with E-state index in [1.165, 1.54) is 0 Å². The van der Waals surface area contributed by atoms with Crippen LogP contribution in [0.2, 0.25) is 0 Å². The van der Waals surface area contributed by atoms with Crippen LogP contribution in [0.15, 0.2) is 51.7 Å². The molecule has 0 unspecified atom stereocenters. The smallest absolute Gasteiger partial charge is 0.344 e. The Hall–Kier alpha value is -2.75. The Morgan fingerprint density at radius 1 is 0.955 bits per heavy atom. The van der Waals surface area contributed by atoms with Gasteiger partial charge in [-0.05, 0) is 18.6 Å². The molecule has 0 radical (unpaired) electrons. The molecule has 1 aromatic heterocycles. The molecule has 22 heavy (non-hydrogen) atoms. The molecule has 0 bridgehead atoms. The molecule has 112 valence electrons. The number of hydrogen-bond donors (Lipinski definition) is 0. The molecule has 4 nitrogen and oxygen atoms in total. The van der Waals surface area contributed by atoms with Crippen LogP contribution >= 0.6 is 0 Å². The van der Waals surface area contributed by atoms with E-state index >= 15 is 0 Å². The van der Waals surface area contributed by atoms with Crippen LogP contribution in [0.25, 0.3) is 22.1 Å². The maximum atomic E-state index is 12.3. The van der Waals surface area contributed by atoms with E-state index in [1.807, 2.05) is 31.2 Å². The topological polar surface area (TPSA) is 48.7 Å². The monoisotopic (exact) mass is 296 g/mol. The lowest BCUT2D eigenvalue weighted by atomic mass is 10.0. The summed E-state index contributed by atoms with van der Waals surface area (Å²) >= 11 is 0. The van der Waals surface area contributed by atoms with Crippen molar-refractivity contribution in [3.8, 4) is 22.6 Å². The third-order valence-corrected chi connectivity index (χ3v) is 3.61. The Morgan fingerprint density at radius 2 is 1.68 bits per heavy atom. The summed E-state index contributed by atoms with van der Waals surface area (Å²) in [5, 5.41) is 0.735. The van der Waals surface area contributed by atoms with Crippen molar-refractivity contribution in [2.45, 2.75) is 6.92 Å². The number of aryl methyl sites for hydroxylation is 1. The first-order chi connectivity index (χ1) is 10.6. The fourth-order valence-electron chi connectivity index (χ4n) is 2.38. The third kappa shape index (κ3) is 2.44. The van der Waals surface area contributed by atoms with Gasteiger partial charge in [-0.3, -0.25) is 0 Å². The highest BCUT2D eigenvalue weighted by Crippen LogP contribution is 2.32. The SMILES string of the molecule is COc1cc(OC)c2cc(-c3ccc(C)cc3)c(=O)oc2c1. The maximum absolute atomic E-state index is 12.3. The van der Waals surface area contributed by atoms with E-state index in [0.717, 1.165) is 16.5 Å². The van der Waals surface area contributed by atoms with Gasteiger partial charge < -0.3 is 13.9 Å². The van der Waals surface area contributed by atoms with E-state index < -0.39 is 0 Å². The normalized spacial score (nSPS) is 10.7. The first kappa shape index (κ1) is 14.2. The van der Waals surface area contributed by atoms with Crippen LogP contribution in [0.1, 0.15) is 5.56 Å². The van der Waals surface area contributed by atoms with Crippen molar-refractivity contribution in [2.75, 3.05) is 14.2 Å². The second kappa shape index (κ2) is 5.56. The van der Waals surface area contributed by atoms with Crippen LogP contribution in [0.5, 0.6) is 11.5 Å². The molecule has 0 atom stereocenters. The molecular formula is C18H16O4. The lowest BCUT2D eigenvalue weighted by Gasteiger charge is -2.09. The van der Waals surface area contributed by atoms with Gasteiger partial charge in [-0.2, -0.15) is 0 Å². The zero-order valence-corrected chi connectivity index (χ0v) is 12.7. The molecule has 4 heteroatoms. The summed E-state index contributed by atoms with van der Waals surface area (Å²) in [5.74, 6) is 1.18. The van der Waals surface area contributed by atoms with Gasteiger partial charge in [0.25, 0.3) is 0 Å². The zero-order valence-electron chi connectivity index (χ0n) is 12.7. The minimum absolute atomic E-state index is 0.383. The van der Waals surface area contributed by atoms with Gasteiger partial charge in [0.05, 0.1) is 25.2 Å².